The molecule has 3 rings (SSSR count). The molecule has 0 unspecified atom stereocenters. The number of hydrogen-bond acceptors (Lipinski definition) is 5. The maximum atomic E-state index is 12.4. The van der Waals surface area contributed by atoms with E-state index in [-0.39, 0.29) is 30.7 Å². The monoisotopic (exact) mass is 411 g/mol. The fourth-order valence-electron chi connectivity index (χ4n) is 3.22. The minimum atomic E-state index is -0.506. The lowest BCUT2D eigenvalue weighted by Gasteiger charge is -2.18. The fraction of sp³-hybridized carbons (Fsp3) is 0.318. The van der Waals surface area contributed by atoms with E-state index in [0.717, 1.165) is 12.0 Å². The van der Waals surface area contributed by atoms with Crippen molar-refractivity contribution >= 4 is 23.4 Å². The lowest BCUT2D eigenvalue weighted by molar-refractivity contribution is -0.118. The van der Waals surface area contributed by atoms with Gasteiger partial charge in [-0.05, 0) is 32.0 Å². The Labute approximate surface area is 174 Å². The Morgan fingerprint density at radius 1 is 1.13 bits per heavy atom. The Balaban J connectivity index is 1.61. The van der Waals surface area contributed by atoms with Crippen LogP contribution in [-0.2, 0) is 16.0 Å². The van der Waals surface area contributed by atoms with E-state index in [9.17, 15) is 14.4 Å². The van der Waals surface area contributed by atoms with Gasteiger partial charge in [-0.2, -0.15) is 0 Å². The molecule has 8 nitrogen and oxygen atoms in total. The lowest BCUT2D eigenvalue weighted by Crippen LogP contribution is -2.29. The number of ether oxygens (including phenoxy) is 2. The van der Waals surface area contributed by atoms with E-state index >= 15 is 0 Å². The fourth-order valence-corrected chi connectivity index (χ4v) is 3.22. The number of nitrogens with two attached hydrogens (primary N) is 1. The molecule has 0 saturated heterocycles. The van der Waals surface area contributed by atoms with Crippen molar-refractivity contribution < 1.29 is 23.9 Å². The van der Waals surface area contributed by atoms with Crippen LogP contribution in [0, 0.1) is 0 Å². The van der Waals surface area contributed by atoms with Gasteiger partial charge in [-0.25, -0.2) is 0 Å². The highest BCUT2D eigenvalue weighted by atomic mass is 16.5. The molecule has 2 aromatic rings. The molecule has 0 aliphatic carbocycles. The molecule has 1 aliphatic rings. The first kappa shape index (κ1) is 21.2. The largest absolute Gasteiger partial charge is 0.483 e. The summed E-state index contributed by atoms with van der Waals surface area (Å²) in [5.41, 5.74) is 6.42. The number of rotatable bonds is 8. The number of fused-ring (bicyclic) bond motifs is 1. The van der Waals surface area contributed by atoms with Crippen molar-refractivity contribution in [2.24, 2.45) is 5.73 Å². The molecule has 0 fully saturated rings. The van der Waals surface area contributed by atoms with Crippen LogP contribution in [0.5, 0.6) is 11.5 Å². The van der Waals surface area contributed by atoms with Gasteiger partial charge in [-0.15, -0.1) is 0 Å². The molecule has 0 aromatic heterocycles. The number of benzene rings is 2. The van der Waals surface area contributed by atoms with Crippen molar-refractivity contribution in [2.75, 3.05) is 18.5 Å². The van der Waals surface area contributed by atoms with Crippen molar-refractivity contribution in [1.82, 2.24) is 5.32 Å². The average Bonchev–Trinajstić information content (AvgIpc) is 3.00. The molecule has 8 heteroatoms. The lowest BCUT2D eigenvalue weighted by atomic mass is 10.0. The molecular formula is C22H25N3O5. The van der Waals surface area contributed by atoms with Gasteiger partial charge in [0.2, 0.25) is 5.91 Å². The maximum absolute atomic E-state index is 12.4. The van der Waals surface area contributed by atoms with Crippen molar-refractivity contribution in [3.05, 3.63) is 53.6 Å². The van der Waals surface area contributed by atoms with E-state index in [0.29, 0.717) is 17.2 Å². The van der Waals surface area contributed by atoms with Crippen LogP contribution in [0.3, 0.4) is 0 Å². The highest BCUT2D eigenvalue weighted by molar-refractivity contribution is 6.04. The predicted molar refractivity (Wildman–Crippen MR) is 112 cm³/mol. The second kappa shape index (κ2) is 8.86. The SMILES string of the molecule is CC1(C)Cc2cccc(OCC(=O)Nc3ccccc3C(=O)NCCC(N)=O)c2O1. The normalized spacial score (nSPS) is 13.7. The zero-order valence-electron chi connectivity index (χ0n) is 17.0. The Hall–Kier alpha value is -3.55. The van der Waals surface area contributed by atoms with Gasteiger partial charge >= 0.3 is 0 Å². The van der Waals surface area contributed by atoms with E-state index < -0.39 is 17.7 Å². The van der Waals surface area contributed by atoms with Crippen molar-refractivity contribution in [1.29, 1.82) is 0 Å². The minimum absolute atomic E-state index is 0.0361. The smallest absolute Gasteiger partial charge is 0.262 e. The zero-order chi connectivity index (χ0) is 21.7. The van der Waals surface area contributed by atoms with Gasteiger partial charge in [-0.3, -0.25) is 14.4 Å². The Bertz CT molecular complexity index is 971. The molecule has 0 bridgehead atoms. The van der Waals surface area contributed by atoms with Crippen molar-refractivity contribution in [2.45, 2.75) is 32.3 Å². The topological polar surface area (TPSA) is 120 Å². The number of amides is 3. The summed E-state index contributed by atoms with van der Waals surface area (Å²) in [4.78, 5) is 35.6. The molecule has 0 spiro atoms. The molecule has 30 heavy (non-hydrogen) atoms. The van der Waals surface area contributed by atoms with Crippen LogP contribution in [0.25, 0.3) is 0 Å². The summed E-state index contributed by atoms with van der Waals surface area (Å²) in [7, 11) is 0. The van der Waals surface area contributed by atoms with Crippen LogP contribution >= 0.6 is 0 Å². The summed E-state index contributed by atoms with van der Waals surface area (Å²) in [6.45, 7) is 3.87. The van der Waals surface area contributed by atoms with Crippen LogP contribution in [0.1, 0.15) is 36.2 Å². The molecule has 3 amide bonds. The third kappa shape index (κ3) is 5.28. The van der Waals surface area contributed by atoms with Crippen LogP contribution in [0.4, 0.5) is 5.69 Å². The van der Waals surface area contributed by atoms with E-state index in [1.54, 1.807) is 30.3 Å². The number of anilines is 1. The number of nitrogens with one attached hydrogen (secondary N) is 2. The summed E-state index contributed by atoms with van der Waals surface area (Å²) in [5, 5.41) is 5.29. The Morgan fingerprint density at radius 2 is 1.90 bits per heavy atom. The van der Waals surface area contributed by atoms with Gasteiger partial charge in [0.15, 0.2) is 18.1 Å². The quantitative estimate of drug-likeness (QED) is 0.614. The highest BCUT2D eigenvalue weighted by Gasteiger charge is 2.32. The Kier molecular flexibility index (Phi) is 6.25. The third-order valence-electron chi connectivity index (χ3n) is 4.52. The molecule has 1 heterocycles. The average molecular weight is 411 g/mol. The van der Waals surface area contributed by atoms with Crippen molar-refractivity contribution in [3.8, 4) is 11.5 Å². The van der Waals surface area contributed by atoms with Gasteiger partial charge in [0.25, 0.3) is 11.8 Å². The highest BCUT2D eigenvalue weighted by Crippen LogP contribution is 2.41. The second-order valence-electron chi connectivity index (χ2n) is 7.64. The van der Waals surface area contributed by atoms with Gasteiger partial charge in [0.1, 0.15) is 5.60 Å². The summed E-state index contributed by atoms with van der Waals surface area (Å²) in [5.74, 6) is -0.171. The summed E-state index contributed by atoms with van der Waals surface area (Å²) in [6.07, 6.45) is 0.804. The van der Waals surface area contributed by atoms with Crippen LogP contribution in [0.2, 0.25) is 0 Å². The number of primary amides is 1. The zero-order valence-corrected chi connectivity index (χ0v) is 17.0. The first-order valence-electron chi connectivity index (χ1n) is 9.64. The summed E-state index contributed by atoms with van der Waals surface area (Å²) in [6, 6.07) is 12.2. The van der Waals surface area contributed by atoms with Gasteiger partial charge in [-0.1, -0.05) is 24.3 Å². The molecule has 1 aliphatic heterocycles. The molecule has 158 valence electrons. The molecule has 0 saturated carbocycles. The van der Waals surface area contributed by atoms with Crippen molar-refractivity contribution in [3.63, 3.8) is 0 Å². The van der Waals surface area contributed by atoms with E-state index in [2.05, 4.69) is 10.6 Å². The van der Waals surface area contributed by atoms with E-state index in [1.165, 1.54) is 0 Å². The third-order valence-corrected chi connectivity index (χ3v) is 4.52. The van der Waals surface area contributed by atoms with Crippen LogP contribution in [-0.4, -0.2) is 36.5 Å². The number of carbonyl (C=O) groups is 3. The molecule has 4 N–H and O–H groups in total. The summed E-state index contributed by atoms with van der Waals surface area (Å²) >= 11 is 0. The molecular weight excluding hydrogens is 386 g/mol. The maximum Gasteiger partial charge on any atom is 0.262 e. The number of para-hydroxylation sites is 2. The van der Waals surface area contributed by atoms with Gasteiger partial charge in [0.05, 0.1) is 11.3 Å². The Morgan fingerprint density at radius 3 is 2.67 bits per heavy atom. The predicted octanol–water partition coefficient (Wildman–Crippen LogP) is 2.02. The van der Waals surface area contributed by atoms with Gasteiger partial charge in [0, 0.05) is 24.9 Å². The molecule has 2 aromatic carbocycles. The molecule has 0 radical (unpaired) electrons. The first-order chi connectivity index (χ1) is 14.2. The number of carbonyl (C=O) groups excluding carboxylic acids is 3. The standard InChI is InChI=1S/C22H25N3O5/c1-22(2)12-14-6-5-9-17(20(14)30-22)29-13-19(27)25-16-8-4-3-7-15(16)21(28)24-11-10-18(23)26/h3-9H,10-13H2,1-2H3,(H2,23,26)(H,24,28)(H,25,27). The minimum Gasteiger partial charge on any atom is -0.483 e. The first-order valence-corrected chi connectivity index (χ1v) is 9.64. The molecule has 0 atom stereocenters. The van der Waals surface area contributed by atoms with E-state index in [4.69, 9.17) is 15.2 Å². The van der Waals surface area contributed by atoms with Gasteiger partial charge < -0.3 is 25.8 Å². The number of hydrogen-bond donors (Lipinski definition) is 3. The summed E-state index contributed by atoms with van der Waals surface area (Å²) < 4.78 is 11.6. The second-order valence-corrected chi connectivity index (χ2v) is 7.64. The van der Waals surface area contributed by atoms with E-state index in [1.807, 2.05) is 26.0 Å². The van der Waals surface area contributed by atoms with Crippen LogP contribution in [0.15, 0.2) is 42.5 Å². The van der Waals surface area contributed by atoms with Crippen LogP contribution < -0.4 is 25.8 Å².